The minimum atomic E-state index is -4.23. The number of carbonyl (C=O) groups is 2. The van der Waals surface area contributed by atoms with Gasteiger partial charge >= 0.3 is 19.7 Å². The predicted molar refractivity (Wildman–Crippen MR) is 231 cm³/mol. The van der Waals surface area contributed by atoms with Gasteiger partial charge in [-0.2, -0.15) is 15.1 Å². The molecule has 2 aromatic carbocycles. The van der Waals surface area contributed by atoms with Crippen LogP contribution in [-0.2, 0) is 36.4 Å². The molecule has 0 bridgehead atoms. The van der Waals surface area contributed by atoms with Crippen LogP contribution in [0.2, 0.25) is 0 Å². The van der Waals surface area contributed by atoms with Crippen molar-refractivity contribution in [2.45, 2.75) is 110 Å². The molecule has 3 aliphatic rings. The van der Waals surface area contributed by atoms with E-state index in [1.165, 1.54) is 19.1 Å². The van der Waals surface area contributed by atoms with E-state index in [0.717, 1.165) is 18.4 Å². The van der Waals surface area contributed by atoms with E-state index in [-0.39, 0.29) is 42.4 Å². The average molecular weight is 866 g/mol. The van der Waals surface area contributed by atoms with E-state index in [4.69, 9.17) is 34.9 Å². The first-order chi connectivity index (χ1) is 28.8. The van der Waals surface area contributed by atoms with E-state index < -0.39 is 49.5 Å². The van der Waals surface area contributed by atoms with Gasteiger partial charge in [-0.05, 0) is 91.4 Å². The molecule has 0 aliphatic carbocycles. The Hall–Kier alpha value is -4.81. The largest absolute Gasteiger partial charge is 0.462 e. The number of nitrogens with zero attached hydrogens (tertiary/aromatic N) is 6. The van der Waals surface area contributed by atoms with Crippen LogP contribution in [0, 0.1) is 18.2 Å². The molecule has 2 fully saturated rings. The maximum Gasteiger partial charge on any atom is 0.459 e. The van der Waals surface area contributed by atoms with Crippen molar-refractivity contribution in [3.63, 3.8) is 0 Å². The highest BCUT2D eigenvalue weighted by Crippen LogP contribution is 2.48. The van der Waals surface area contributed by atoms with E-state index in [1.54, 1.807) is 45.9 Å². The Labute approximate surface area is 357 Å². The summed E-state index contributed by atoms with van der Waals surface area (Å²) >= 11 is 0. The lowest BCUT2D eigenvalue weighted by molar-refractivity contribution is -0.149. The number of hydrogen-bond donors (Lipinski definition) is 1. The van der Waals surface area contributed by atoms with Crippen LogP contribution in [0.25, 0.3) is 10.8 Å². The lowest BCUT2D eigenvalue weighted by Gasteiger charge is -2.35. The van der Waals surface area contributed by atoms with Crippen molar-refractivity contribution in [3.05, 3.63) is 59.6 Å². The van der Waals surface area contributed by atoms with Crippen LogP contribution in [0.5, 0.6) is 11.8 Å². The molecule has 3 aromatic rings. The number of ether oxygens (including phenoxy) is 2. The summed E-state index contributed by atoms with van der Waals surface area (Å²) in [4.78, 5) is 43.1. The molecule has 0 radical (unpaired) electrons. The number of esters is 1. The molecule has 1 N–H and O–H groups in total. The molecule has 1 unspecified atom stereocenters. The van der Waals surface area contributed by atoms with Gasteiger partial charge in [0.2, 0.25) is 5.91 Å². The molecule has 1 amide bonds. The summed E-state index contributed by atoms with van der Waals surface area (Å²) < 4.78 is 68.0. The van der Waals surface area contributed by atoms with E-state index in [2.05, 4.69) is 17.6 Å². The van der Waals surface area contributed by atoms with Gasteiger partial charge in [0.1, 0.15) is 36.2 Å². The summed E-state index contributed by atoms with van der Waals surface area (Å²) in [6, 6.07) is 5.07. The van der Waals surface area contributed by atoms with E-state index in [0.29, 0.717) is 67.0 Å². The van der Waals surface area contributed by atoms with Crippen molar-refractivity contribution in [2.24, 2.45) is 0 Å². The summed E-state index contributed by atoms with van der Waals surface area (Å²) in [5.74, 6) is 1.94. The first kappa shape index (κ1) is 45.7. The van der Waals surface area contributed by atoms with Crippen molar-refractivity contribution in [1.29, 1.82) is 0 Å². The predicted octanol–water partition coefficient (Wildman–Crippen LogP) is 6.58. The molecule has 330 valence electrons. The number of amides is 1. The van der Waals surface area contributed by atoms with Gasteiger partial charge in [0.25, 0.3) is 0 Å². The van der Waals surface area contributed by atoms with Crippen LogP contribution in [0.4, 0.5) is 20.3 Å². The normalized spacial score (nSPS) is 21.9. The fourth-order valence-corrected chi connectivity index (χ4v) is 10.0. The highest BCUT2D eigenvalue weighted by molar-refractivity contribution is 7.52. The van der Waals surface area contributed by atoms with Crippen LogP contribution >= 0.6 is 7.75 Å². The Morgan fingerprint density at radius 2 is 1.93 bits per heavy atom. The lowest BCUT2D eigenvalue weighted by Crippen LogP contribution is -2.44. The third-order valence-electron chi connectivity index (χ3n) is 11.4. The van der Waals surface area contributed by atoms with Crippen LogP contribution in [0.3, 0.4) is 0 Å². The van der Waals surface area contributed by atoms with Crippen LogP contribution in [0.1, 0.15) is 77.6 Å². The molecule has 3 aliphatic heterocycles. The average Bonchev–Trinajstić information content (AvgIpc) is 3.76. The number of likely N-dealkylation sites (N-methyl/N-ethyl adjacent to an activating group) is 2. The maximum atomic E-state index is 15.5. The smallest absolute Gasteiger partial charge is 0.459 e. The number of rotatable bonds is 16. The number of likely N-dealkylation sites (tertiary alicyclic amines) is 2. The third-order valence-corrected chi connectivity index (χ3v) is 13.3. The van der Waals surface area contributed by atoms with Crippen molar-refractivity contribution in [3.8, 4) is 24.1 Å². The summed E-state index contributed by atoms with van der Waals surface area (Å²) in [6.07, 6.45) is 7.79. The highest BCUT2D eigenvalue weighted by Gasteiger charge is 2.41. The topological polar surface area (TPSA) is 139 Å². The van der Waals surface area contributed by atoms with Crippen molar-refractivity contribution >= 4 is 41.9 Å². The second-order valence-corrected chi connectivity index (χ2v) is 18.6. The standard InChI is InChI=1S/C44H58F2N7O7P/c1-11-34-36(46)16-15-30-20-33(60-61(56,59-28(5)6)49-29(7)42(55)58-27(3)4)21-38(40(30)34)52-19-17-35-37(25-52)47-43(57-26-44(8)22-31(45)23-51(44)10)48-41(35)50(9)24-32-14-13-18-53(32)39(54)12-2/h1,12,15-16,20-21,27-29,31-32H,2,13-14,17-19,22-26H2,3-10H3,(H,49,56)/t29-,31+,32-,44-,61?/m0/s1. The Morgan fingerprint density at radius 1 is 1.18 bits per heavy atom. The van der Waals surface area contributed by atoms with Crippen molar-refractivity contribution in [2.75, 3.05) is 56.7 Å². The second kappa shape index (κ2) is 18.7. The molecule has 4 heterocycles. The zero-order valence-electron chi connectivity index (χ0n) is 36.4. The van der Waals surface area contributed by atoms with Crippen molar-refractivity contribution < 1.29 is 41.5 Å². The highest BCUT2D eigenvalue weighted by atomic mass is 31.2. The maximum absolute atomic E-state index is 15.5. The first-order valence-corrected chi connectivity index (χ1v) is 22.3. The number of anilines is 2. The SMILES string of the molecule is C#Cc1c(F)ccc2cc(OP(=O)(N[C@@H](C)C(=O)OC(C)C)OC(C)C)cc(N3CCc4c(nc(OC[C@]5(C)C[C@@H](F)CN5C)nc4N(C)C[C@@H]4CCCN4C(=O)C=C)C3)c12. The van der Waals surface area contributed by atoms with Crippen molar-refractivity contribution in [1.82, 2.24) is 24.9 Å². The summed E-state index contributed by atoms with van der Waals surface area (Å²) in [5.41, 5.74) is 1.46. The molecule has 17 heteroatoms. The zero-order valence-corrected chi connectivity index (χ0v) is 37.3. The Bertz CT molecular complexity index is 2240. The fourth-order valence-electron chi connectivity index (χ4n) is 8.37. The molecule has 14 nitrogen and oxygen atoms in total. The second-order valence-electron chi connectivity index (χ2n) is 17.0. The number of aromatic nitrogens is 2. The Morgan fingerprint density at radius 3 is 2.59 bits per heavy atom. The van der Waals surface area contributed by atoms with Gasteiger partial charge < -0.3 is 28.7 Å². The van der Waals surface area contributed by atoms with Gasteiger partial charge in [-0.15, -0.1) is 6.42 Å². The monoisotopic (exact) mass is 865 g/mol. The number of carbonyl (C=O) groups excluding carboxylic acids is 2. The van der Waals surface area contributed by atoms with E-state index in [9.17, 15) is 18.5 Å². The lowest BCUT2D eigenvalue weighted by atomic mass is 9.98. The van der Waals surface area contributed by atoms with Gasteiger partial charge in [-0.1, -0.05) is 18.6 Å². The zero-order chi connectivity index (χ0) is 44.4. The molecule has 1 aromatic heterocycles. The quantitative estimate of drug-likeness (QED) is 0.0719. The number of halogens is 2. The molecule has 5 atom stereocenters. The molecule has 61 heavy (non-hydrogen) atoms. The minimum absolute atomic E-state index is 0.0389. The Balaban J connectivity index is 1.40. The number of hydrogen-bond acceptors (Lipinski definition) is 12. The molecular formula is C44H58F2N7O7P. The number of nitrogens with one attached hydrogen (secondary N) is 1. The molecule has 6 rings (SSSR count). The van der Waals surface area contributed by atoms with E-state index in [1.807, 2.05) is 40.6 Å². The molecule has 0 spiro atoms. The molecular weight excluding hydrogens is 807 g/mol. The first-order valence-electron chi connectivity index (χ1n) is 20.8. The summed E-state index contributed by atoms with van der Waals surface area (Å²) in [6.45, 7) is 16.2. The third kappa shape index (κ3) is 10.3. The molecule has 2 saturated heterocycles. The van der Waals surface area contributed by atoms with Gasteiger partial charge in [0.15, 0.2) is 0 Å². The summed E-state index contributed by atoms with van der Waals surface area (Å²) in [7, 11) is -0.438. The summed E-state index contributed by atoms with van der Waals surface area (Å²) in [5, 5.41) is 3.67. The Kier molecular flexibility index (Phi) is 14.0. The molecule has 0 saturated carbocycles. The number of terminal acetylenes is 1. The number of fused-ring (bicyclic) bond motifs is 2. The van der Waals surface area contributed by atoms with Crippen LogP contribution in [0.15, 0.2) is 36.9 Å². The number of benzene rings is 2. The van der Waals surface area contributed by atoms with Gasteiger partial charge in [0.05, 0.1) is 41.2 Å². The van der Waals surface area contributed by atoms with Gasteiger partial charge in [-0.25, -0.2) is 13.3 Å². The van der Waals surface area contributed by atoms with Gasteiger partial charge in [-0.3, -0.25) is 19.0 Å². The minimum Gasteiger partial charge on any atom is -0.462 e. The van der Waals surface area contributed by atoms with Gasteiger partial charge in [0, 0.05) is 62.7 Å². The van der Waals surface area contributed by atoms with Crippen LogP contribution < -0.4 is 24.1 Å². The fraction of sp³-hybridized carbons (Fsp3) is 0.545. The number of alkyl halides is 1. The van der Waals surface area contributed by atoms with Crippen LogP contribution in [-0.4, -0.2) is 115 Å². The van der Waals surface area contributed by atoms with E-state index >= 15 is 4.39 Å².